The summed E-state index contributed by atoms with van der Waals surface area (Å²) in [5.41, 5.74) is 0.984. The highest BCUT2D eigenvalue weighted by molar-refractivity contribution is 5.64. The molecule has 1 aromatic heterocycles. The molecule has 3 aromatic carbocycles. The second-order valence-corrected chi connectivity index (χ2v) is 5.81. The van der Waals surface area contributed by atoms with Crippen molar-refractivity contribution in [2.75, 3.05) is 10.6 Å². The van der Waals surface area contributed by atoms with E-state index in [2.05, 4.69) is 25.8 Å². The van der Waals surface area contributed by atoms with Crippen molar-refractivity contribution < 1.29 is 9.13 Å². The fraction of sp³-hybridized carbons (Fsp3) is 0. The van der Waals surface area contributed by atoms with Gasteiger partial charge in [-0.05, 0) is 36.4 Å². The molecule has 6 nitrogen and oxygen atoms in total. The minimum atomic E-state index is -0.378. The van der Waals surface area contributed by atoms with Gasteiger partial charge in [0.05, 0.1) is 17.6 Å². The van der Waals surface area contributed by atoms with Gasteiger partial charge >= 0.3 is 0 Å². The van der Waals surface area contributed by atoms with Gasteiger partial charge < -0.3 is 15.4 Å². The molecule has 0 amide bonds. The summed E-state index contributed by atoms with van der Waals surface area (Å²) in [7, 11) is 0. The Balaban J connectivity index is 1.54. The zero-order valence-electron chi connectivity index (χ0n) is 14.7. The van der Waals surface area contributed by atoms with Crippen LogP contribution in [0.4, 0.5) is 27.5 Å². The second-order valence-electron chi connectivity index (χ2n) is 5.81. The van der Waals surface area contributed by atoms with E-state index in [1.807, 2.05) is 54.6 Å². The van der Waals surface area contributed by atoms with Crippen molar-refractivity contribution in [1.29, 1.82) is 0 Å². The lowest BCUT2D eigenvalue weighted by molar-refractivity contribution is 0.485. The van der Waals surface area contributed by atoms with Gasteiger partial charge in [-0.3, -0.25) is 0 Å². The number of para-hydroxylation sites is 4. The fourth-order valence-electron chi connectivity index (χ4n) is 2.51. The van der Waals surface area contributed by atoms with E-state index < -0.39 is 0 Å². The van der Waals surface area contributed by atoms with Crippen LogP contribution in [0.2, 0.25) is 0 Å². The van der Waals surface area contributed by atoms with Crippen LogP contribution < -0.4 is 15.4 Å². The van der Waals surface area contributed by atoms with Crippen molar-refractivity contribution in [2.24, 2.45) is 0 Å². The lowest BCUT2D eigenvalue weighted by Crippen LogP contribution is -2.03. The Kier molecular flexibility index (Phi) is 5.06. The third kappa shape index (κ3) is 4.21. The Morgan fingerprint density at radius 3 is 2.29 bits per heavy atom. The van der Waals surface area contributed by atoms with Gasteiger partial charge in [-0.15, -0.1) is 5.10 Å². The summed E-state index contributed by atoms with van der Waals surface area (Å²) < 4.78 is 19.7. The highest BCUT2D eigenvalue weighted by atomic mass is 19.1. The van der Waals surface area contributed by atoms with Gasteiger partial charge in [0.25, 0.3) is 0 Å². The van der Waals surface area contributed by atoms with Crippen molar-refractivity contribution >= 4 is 23.1 Å². The Bertz CT molecular complexity index is 1070. The zero-order chi connectivity index (χ0) is 19.2. The molecule has 1 heterocycles. The Labute approximate surface area is 161 Å². The monoisotopic (exact) mass is 373 g/mol. The van der Waals surface area contributed by atoms with Crippen molar-refractivity contribution in [3.05, 3.63) is 90.9 Å². The number of hydrogen-bond acceptors (Lipinski definition) is 6. The highest BCUT2D eigenvalue weighted by Crippen LogP contribution is 2.30. The van der Waals surface area contributed by atoms with Crippen molar-refractivity contribution in [2.45, 2.75) is 0 Å². The summed E-state index contributed by atoms with van der Waals surface area (Å²) >= 11 is 0. The third-order valence-corrected chi connectivity index (χ3v) is 3.80. The van der Waals surface area contributed by atoms with Gasteiger partial charge in [0, 0.05) is 0 Å². The van der Waals surface area contributed by atoms with E-state index in [4.69, 9.17) is 4.74 Å². The number of aromatic nitrogens is 3. The highest BCUT2D eigenvalue weighted by Gasteiger charge is 2.08. The first kappa shape index (κ1) is 17.4. The zero-order valence-corrected chi connectivity index (χ0v) is 14.7. The molecule has 0 radical (unpaired) electrons. The molecular weight excluding hydrogens is 357 g/mol. The molecule has 0 aliphatic rings. The Morgan fingerprint density at radius 1 is 0.750 bits per heavy atom. The van der Waals surface area contributed by atoms with E-state index in [0.29, 0.717) is 28.7 Å². The van der Waals surface area contributed by atoms with Crippen LogP contribution in [0.25, 0.3) is 0 Å². The predicted octanol–water partition coefficient (Wildman–Crippen LogP) is 5.29. The van der Waals surface area contributed by atoms with Gasteiger partial charge in [-0.2, -0.15) is 10.1 Å². The summed E-state index contributed by atoms with van der Waals surface area (Å²) in [6, 6.07) is 23.2. The van der Waals surface area contributed by atoms with Gasteiger partial charge in [-0.1, -0.05) is 42.5 Å². The van der Waals surface area contributed by atoms with Crippen LogP contribution in [0.15, 0.2) is 85.1 Å². The van der Waals surface area contributed by atoms with Crippen LogP contribution in [0.1, 0.15) is 0 Å². The number of benzene rings is 3. The summed E-state index contributed by atoms with van der Waals surface area (Å²) in [6.07, 6.45) is 1.42. The second kappa shape index (κ2) is 8.13. The minimum absolute atomic E-state index is 0.255. The average Bonchev–Trinajstić information content (AvgIpc) is 2.72. The molecule has 0 aliphatic heterocycles. The molecule has 2 N–H and O–H groups in total. The largest absolute Gasteiger partial charge is 0.455 e. The summed E-state index contributed by atoms with van der Waals surface area (Å²) in [5.74, 6) is 1.57. The van der Waals surface area contributed by atoms with Crippen LogP contribution >= 0.6 is 0 Å². The minimum Gasteiger partial charge on any atom is -0.455 e. The maximum atomic E-state index is 13.8. The first-order valence-electron chi connectivity index (χ1n) is 8.58. The molecule has 4 aromatic rings. The maximum Gasteiger partial charge on any atom is 0.249 e. The van der Waals surface area contributed by atoms with Gasteiger partial charge in [0.1, 0.15) is 11.6 Å². The van der Waals surface area contributed by atoms with E-state index in [0.717, 1.165) is 0 Å². The molecule has 0 saturated heterocycles. The van der Waals surface area contributed by atoms with E-state index >= 15 is 0 Å². The summed E-state index contributed by atoms with van der Waals surface area (Å²) in [5, 5.41) is 13.9. The van der Waals surface area contributed by atoms with Crippen LogP contribution in [0.3, 0.4) is 0 Å². The summed E-state index contributed by atoms with van der Waals surface area (Å²) in [6.45, 7) is 0. The van der Waals surface area contributed by atoms with Crippen molar-refractivity contribution in [1.82, 2.24) is 15.2 Å². The van der Waals surface area contributed by atoms with Crippen LogP contribution in [-0.4, -0.2) is 15.2 Å². The van der Waals surface area contributed by atoms with Crippen molar-refractivity contribution in [3.63, 3.8) is 0 Å². The molecule has 4 rings (SSSR count). The van der Waals surface area contributed by atoms with Crippen LogP contribution in [0, 0.1) is 5.82 Å². The van der Waals surface area contributed by atoms with E-state index in [1.165, 1.54) is 12.3 Å². The maximum absolute atomic E-state index is 13.8. The molecule has 7 heteroatoms. The Hall–Kier alpha value is -4.00. The van der Waals surface area contributed by atoms with E-state index in [-0.39, 0.29) is 11.8 Å². The number of halogens is 1. The Morgan fingerprint density at radius 2 is 1.46 bits per heavy atom. The number of ether oxygens (including phenoxy) is 1. The molecule has 28 heavy (non-hydrogen) atoms. The topological polar surface area (TPSA) is 72.0 Å². The molecule has 0 unspecified atom stereocenters. The normalized spacial score (nSPS) is 10.3. The average molecular weight is 373 g/mol. The lowest BCUT2D eigenvalue weighted by atomic mass is 10.3. The molecular formula is C21H16FN5O. The molecule has 0 aliphatic carbocycles. The van der Waals surface area contributed by atoms with Gasteiger partial charge in [-0.25, -0.2) is 4.39 Å². The number of nitrogens with one attached hydrogen (secondary N) is 2. The lowest BCUT2D eigenvalue weighted by Gasteiger charge is -2.12. The van der Waals surface area contributed by atoms with Crippen molar-refractivity contribution in [3.8, 4) is 11.5 Å². The van der Waals surface area contributed by atoms with Crippen LogP contribution in [-0.2, 0) is 0 Å². The first-order valence-corrected chi connectivity index (χ1v) is 8.58. The van der Waals surface area contributed by atoms with E-state index in [1.54, 1.807) is 18.2 Å². The predicted molar refractivity (Wildman–Crippen MR) is 106 cm³/mol. The smallest absolute Gasteiger partial charge is 0.249 e. The third-order valence-electron chi connectivity index (χ3n) is 3.80. The SMILES string of the molecule is Fc1ccccc1Nc1cnnc(Nc2ccccc2Oc2ccccc2)n1. The number of rotatable bonds is 6. The van der Waals surface area contributed by atoms with Crippen LogP contribution in [0.5, 0.6) is 11.5 Å². The molecule has 138 valence electrons. The summed E-state index contributed by atoms with van der Waals surface area (Å²) in [4.78, 5) is 4.33. The number of hydrogen-bond donors (Lipinski definition) is 2. The first-order chi connectivity index (χ1) is 13.8. The molecule has 0 fully saturated rings. The van der Waals surface area contributed by atoms with E-state index in [9.17, 15) is 4.39 Å². The molecule has 0 atom stereocenters. The molecule has 0 spiro atoms. The molecule has 0 bridgehead atoms. The number of nitrogens with zero attached hydrogens (tertiary/aromatic N) is 3. The van der Waals surface area contributed by atoms with Gasteiger partial charge in [0.2, 0.25) is 5.95 Å². The van der Waals surface area contributed by atoms with Gasteiger partial charge in [0.15, 0.2) is 11.6 Å². The standard InChI is InChI=1S/C21H16FN5O/c22-16-10-4-5-11-17(16)24-20-14-23-27-21(26-20)25-18-12-6-7-13-19(18)28-15-8-2-1-3-9-15/h1-14H,(H2,24,25,26,27). The quantitative estimate of drug-likeness (QED) is 0.478. The fourth-order valence-corrected chi connectivity index (χ4v) is 2.51. The molecule has 0 saturated carbocycles. The number of anilines is 4.